The summed E-state index contributed by atoms with van der Waals surface area (Å²) in [6.45, 7) is 0. The highest BCUT2D eigenvalue weighted by Crippen LogP contribution is 2.28. The largest absolute Gasteiger partial charge is 0.480 e. The van der Waals surface area contributed by atoms with Crippen LogP contribution >= 0.6 is 0 Å². The summed E-state index contributed by atoms with van der Waals surface area (Å²) >= 11 is 0. The van der Waals surface area contributed by atoms with Gasteiger partial charge in [-0.25, -0.2) is 14.3 Å². The van der Waals surface area contributed by atoms with Crippen LogP contribution in [0.3, 0.4) is 0 Å². The summed E-state index contributed by atoms with van der Waals surface area (Å²) in [5, 5.41) is 16.6. The molecule has 0 amide bonds. The molecule has 1 unspecified atom stereocenters. The van der Waals surface area contributed by atoms with Gasteiger partial charge in [-0.2, -0.15) is 5.10 Å². The van der Waals surface area contributed by atoms with E-state index in [1.165, 1.54) is 6.42 Å². The molecule has 1 fully saturated rings. The molecule has 2 aromatic heterocycles. The number of nitrogens with one attached hydrogen (secondary N) is 1. The van der Waals surface area contributed by atoms with Gasteiger partial charge in [-0.1, -0.05) is 19.3 Å². The first-order valence-corrected chi connectivity index (χ1v) is 7.04. The van der Waals surface area contributed by atoms with Gasteiger partial charge in [-0.05, 0) is 24.8 Å². The van der Waals surface area contributed by atoms with Crippen LogP contribution in [0.1, 0.15) is 32.1 Å². The third kappa shape index (κ3) is 2.59. The molecule has 106 valence electrons. The number of carboxylic acids is 1. The Morgan fingerprint density at radius 1 is 1.35 bits per heavy atom. The number of hydrogen-bond acceptors (Lipinski definition) is 4. The van der Waals surface area contributed by atoms with E-state index in [2.05, 4.69) is 15.4 Å². The Balaban J connectivity index is 1.79. The summed E-state index contributed by atoms with van der Waals surface area (Å²) in [6.07, 6.45) is 8.84. The molecule has 0 spiro atoms. The first-order chi connectivity index (χ1) is 9.74. The molecule has 2 N–H and O–H groups in total. The minimum absolute atomic E-state index is 0.184. The third-order valence-corrected chi connectivity index (χ3v) is 3.95. The van der Waals surface area contributed by atoms with Gasteiger partial charge in [0.1, 0.15) is 11.9 Å². The van der Waals surface area contributed by atoms with Gasteiger partial charge in [0.15, 0.2) is 5.65 Å². The number of rotatable bonds is 4. The molecule has 1 aliphatic carbocycles. The highest BCUT2D eigenvalue weighted by Gasteiger charge is 2.29. The molecule has 0 bridgehead atoms. The lowest BCUT2D eigenvalue weighted by molar-refractivity contribution is -0.139. The molecule has 0 saturated heterocycles. The van der Waals surface area contributed by atoms with E-state index < -0.39 is 12.0 Å². The van der Waals surface area contributed by atoms with E-state index in [-0.39, 0.29) is 5.92 Å². The predicted octanol–water partition coefficient (Wildman–Crippen LogP) is 2.17. The molecule has 0 aliphatic heterocycles. The maximum Gasteiger partial charge on any atom is 0.326 e. The van der Waals surface area contributed by atoms with Gasteiger partial charge in [0.25, 0.3) is 0 Å². The minimum atomic E-state index is -0.799. The highest BCUT2D eigenvalue weighted by atomic mass is 16.4. The van der Waals surface area contributed by atoms with Gasteiger partial charge < -0.3 is 10.4 Å². The molecule has 1 atom stereocenters. The Morgan fingerprint density at radius 3 is 2.90 bits per heavy atom. The van der Waals surface area contributed by atoms with E-state index in [9.17, 15) is 9.90 Å². The Labute approximate surface area is 116 Å². The molecule has 0 aromatic carbocycles. The van der Waals surface area contributed by atoms with Crippen molar-refractivity contribution in [1.82, 2.24) is 14.6 Å². The fourth-order valence-electron chi connectivity index (χ4n) is 2.90. The van der Waals surface area contributed by atoms with Crippen LogP contribution in [0, 0.1) is 5.92 Å². The Morgan fingerprint density at radius 2 is 2.15 bits per heavy atom. The van der Waals surface area contributed by atoms with E-state index in [4.69, 9.17) is 0 Å². The number of fused-ring (bicyclic) bond motifs is 1. The summed E-state index contributed by atoms with van der Waals surface area (Å²) in [4.78, 5) is 15.9. The Bertz CT molecular complexity index is 604. The molecule has 6 nitrogen and oxygen atoms in total. The van der Waals surface area contributed by atoms with Crippen molar-refractivity contribution in [1.29, 1.82) is 0 Å². The fourth-order valence-corrected chi connectivity index (χ4v) is 2.90. The van der Waals surface area contributed by atoms with Crippen LogP contribution in [0.25, 0.3) is 5.65 Å². The Hall–Kier alpha value is -2.11. The molecule has 0 radical (unpaired) electrons. The maximum absolute atomic E-state index is 11.5. The molecule has 1 saturated carbocycles. The van der Waals surface area contributed by atoms with E-state index >= 15 is 0 Å². The average Bonchev–Trinajstić information content (AvgIpc) is 2.93. The Kier molecular flexibility index (Phi) is 3.54. The molecule has 3 rings (SSSR count). The smallest absolute Gasteiger partial charge is 0.326 e. The van der Waals surface area contributed by atoms with E-state index in [1.807, 2.05) is 0 Å². The molecule has 6 heteroatoms. The van der Waals surface area contributed by atoms with Crippen molar-refractivity contribution in [3.63, 3.8) is 0 Å². The number of nitrogens with zero attached hydrogens (tertiary/aromatic N) is 3. The summed E-state index contributed by atoms with van der Waals surface area (Å²) in [5.74, 6) is -0.0211. The SMILES string of the molecule is O=C(O)C(Nc1ccn2nccc2n1)C1CCCCC1. The summed E-state index contributed by atoms with van der Waals surface area (Å²) in [5.41, 5.74) is 0.711. The standard InChI is InChI=1S/C14H18N4O2/c19-14(20)13(10-4-2-1-3-5-10)17-11-7-9-18-12(16-11)6-8-15-18/h6-10,13H,1-5H2,(H,16,17)(H,19,20). The van der Waals surface area contributed by atoms with Crippen LogP contribution < -0.4 is 5.32 Å². The molecular formula is C14H18N4O2. The van der Waals surface area contributed by atoms with Crippen molar-refractivity contribution in [2.45, 2.75) is 38.1 Å². The summed E-state index contributed by atoms with van der Waals surface area (Å²) in [6, 6.07) is 2.99. The predicted molar refractivity (Wildman–Crippen MR) is 74.6 cm³/mol. The van der Waals surface area contributed by atoms with Crippen molar-refractivity contribution in [3.8, 4) is 0 Å². The second-order valence-corrected chi connectivity index (χ2v) is 5.31. The average molecular weight is 274 g/mol. The highest BCUT2D eigenvalue weighted by molar-refractivity contribution is 5.77. The van der Waals surface area contributed by atoms with Crippen LogP contribution in [-0.2, 0) is 4.79 Å². The van der Waals surface area contributed by atoms with Gasteiger partial charge in [0.2, 0.25) is 0 Å². The summed E-state index contributed by atoms with van der Waals surface area (Å²) in [7, 11) is 0. The van der Waals surface area contributed by atoms with Crippen LogP contribution in [-0.4, -0.2) is 31.7 Å². The van der Waals surface area contributed by atoms with Crippen LogP contribution in [0.4, 0.5) is 5.82 Å². The van der Waals surface area contributed by atoms with Crippen molar-refractivity contribution in [2.24, 2.45) is 5.92 Å². The van der Waals surface area contributed by atoms with Gasteiger partial charge >= 0.3 is 5.97 Å². The zero-order valence-electron chi connectivity index (χ0n) is 11.2. The van der Waals surface area contributed by atoms with Crippen LogP contribution in [0.15, 0.2) is 24.5 Å². The van der Waals surface area contributed by atoms with Gasteiger partial charge in [-0.15, -0.1) is 0 Å². The monoisotopic (exact) mass is 274 g/mol. The van der Waals surface area contributed by atoms with Crippen molar-refractivity contribution in [2.75, 3.05) is 5.32 Å². The number of carbonyl (C=O) groups is 1. The van der Waals surface area contributed by atoms with Gasteiger partial charge in [0.05, 0.1) is 6.20 Å². The first kappa shape index (κ1) is 12.9. The van der Waals surface area contributed by atoms with Crippen molar-refractivity contribution >= 4 is 17.4 Å². The van der Waals surface area contributed by atoms with E-state index in [1.54, 1.807) is 29.0 Å². The molecule has 2 heterocycles. The molecule has 20 heavy (non-hydrogen) atoms. The third-order valence-electron chi connectivity index (χ3n) is 3.95. The van der Waals surface area contributed by atoms with Crippen LogP contribution in [0.2, 0.25) is 0 Å². The normalized spacial score (nSPS) is 18.0. The zero-order chi connectivity index (χ0) is 13.9. The second kappa shape index (κ2) is 5.48. The fraction of sp³-hybridized carbons (Fsp3) is 0.500. The zero-order valence-corrected chi connectivity index (χ0v) is 11.2. The number of hydrogen-bond donors (Lipinski definition) is 2. The van der Waals surface area contributed by atoms with Gasteiger partial charge in [0, 0.05) is 12.3 Å². The van der Waals surface area contributed by atoms with Gasteiger partial charge in [-0.3, -0.25) is 0 Å². The molecule has 2 aromatic rings. The first-order valence-electron chi connectivity index (χ1n) is 7.04. The van der Waals surface area contributed by atoms with Crippen LogP contribution in [0.5, 0.6) is 0 Å². The van der Waals surface area contributed by atoms with E-state index in [0.29, 0.717) is 11.5 Å². The lowest BCUT2D eigenvalue weighted by Crippen LogP contribution is -2.38. The van der Waals surface area contributed by atoms with E-state index in [0.717, 1.165) is 25.7 Å². The lowest BCUT2D eigenvalue weighted by Gasteiger charge is -2.28. The van der Waals surface area contributed by atoms with Crippen molar-refractivity contribution < 1.29 is 9.90 Å². The van der Waals surface area contributed by atoms with Crippen molar-refractivity contribution in [3.05, 3.63) is 24.5 Å². The number of aliphatic carboxylic acids is 1. The molecule has 1 aliphatic rings. The molecular weight excluding hydrogens is 256 g/mol. The topological polar surface area (TPSA) is 79.5 Å². The second-order valence-electron chi connectivity index (χ2n) is 5.31. The maximum atomic E-state index is 11.5. The number of carboxylic acid groups (broad SMARTS) is 1. The quantitative estimate of drug-likeness (QED) is 0.893. The number of aromatic nitrogens is 3. The lowest BCUT2D eigenvalue weighted by atomic mass is 9.84. The minimum Gasteiger partial charge on any atom is -0.480 e. The number of anilines is 1. The summed E-state index contributed by atoms with van der Waals surface area (Å²) < 4.78 is 1.65.